The fraction of sp³-hybridized carbons (Fsp3) is 0.857. The summed E-state index contributed by atoms with van der Waals surface area (Å²) in [6.07, 6.45) is 5.73. The van der Waals surface area contributed by atoms with Crippen molar-refractivity contribution in [2.45, 2.75) is 46.1 Å². The van der Waals surface area contributed by atoms with E-state index in [2.05, 4.69) is 30.8 Å². The molecule has 2 heteroatoms. The van der Waals surface area contributed by atoms with Crippen LogP contribution in [0.4, 0.5) is 0 Å². The molecule has 2 unspecified atom stereocenters. The van der Waals surface area contributed by atoms with Gasteiger partial charge in [-0.15, -0.1) is 6.58 Å². The van der Waals surface area contributed by atoms with Crippen molar-refractivity contribution in [1.29, 1.82) is 0 Å². The first-order valence-electron chi connectivity index (χ1n) is 6.77. The van der Waals surface area contributed by atoms with Crippen LogP contribution >= 0.6 is 0 Å². The third kappa shape index (κ3) is 6.29. The van der Waals surface area contributed by atoms with Crippen LogP contribution in [0.1, 0.15) is 42.9 Å². The van der Waals surface area contributed by atoms with Crippen molar-refractivity contribution in [2.24, 2.45) is 5.92 Å². The molecule has 100 valence electrons. The van der Waals surface area contributed by atoms with Gasteiger partial charge >= 0.3 is 0 Å². The fourth-order valence-electron chi connectivity index (χ4n) is 2.07. The van der Waals surface area contributed by atoms with Crippen LogP contribution < -0.4 is 5.32 Å². The summed E-state index contributed by atoms with van der Waals surface area (Å²) in [6.45, 7) is 13.7. The van der Waals surface area contributed by atoms with Crippen molar-refractivity contribution in [1.82, 2.24) is 10.2 Å². The average molecular weight is 230 g/mol. The smallest absolute Gasteiger partial charge is 0.0105 e. The number of nitrogens with zero attached hydrogens (tertiary/aromatic N) is 1. The number of nitrogens with one attached hydrogen (secondary N) is 1. The molecule has 1 aliphatic heterocycles. The molecule has 1 saturated heterocycles. The normalized spacial score (nSPS) is 24.1. The van der Waals surface area contributed by atoms with Crippen molar-refractivity contribution in [3.8, 4) is 0 Å². The second-order valence-corrected chi connectivity index (χ2v) is 4.50. The topological polar surface area (TPSA) is 15.3 Å². The Morgan fingerprint density at radius 3 is 2.62 bits per heavy atom. The van der Waals surface area contributed by atoms with Gasteiger partial charge in [-0.2, -0.15) is 0 Å². The highest BCUT2D eigenvalue weighted by Crippen LogP contribution is 2.17. The second kappa shape index (κ2) is 9.86. The Balaban J connectivity index is -0.000000534. The highest BCUT2D eigenvalue weighted by molar-refractivity contribution is 4.81. The van der Waals surface area contributed by atoms with Gasteiger partial charge in [-0.25, -0.2) is 0 Å². The zero-order chi connectivity index (χ0) is 12.4. The molecule has 0 radical (unpaired) electrons. The largest absolute Gasteiger partial charge is 0.314 e. The van der Waals surface area contributed by atoms with Crippen molar-refractivity contribution in [3.63, 3.8) is 0 Å². The van der Waals surface area contributed by atoms with E-state index in [-0.39, 0.29) is 2.85 Å². The molecule has 0 aliphatic carbocycles. The molecule has 2 atom stereocenters. The summed E-state index contributed by atoms with van der Waals surface area (Å²) in [7, 11) is 2.20. The van der Waals surface area contributed by atoms with E-state index in [0.717, 1.165) is 24.9 Å². The number of rotatable bonds is 6. The van der Waals surface area contributed by atoms with Gasteiger partial charge in [-0.1, -0.05) is 26.8 Å². The summed E-state index contributed by atoms with van der Waals surface area (Å²) in [5.74, 6) is 0.864. The van der Waals surface area contributed by atoms with Gasteiger partial charge < -0.3 is 10.2 Å². The molecule has 0 aromatic heterocycles. The molecule has 1 heterocycles. The van der Waals surface area contributed by atoms with Crippen LogP contribution in [0.15, 0.2) is 12.7 Å². The van der Waals surface area contributed by atoms with Crippen LogP contribution in [0, 0.1) is 5.92 Å². The van der Waals surface area contributed by atoms with Gasteiger partial charge in [0.1, 0.15) is 0 Å². The maximum atomic E-state index is 3.74. The van der Waals surface area contributed by atoms with Crippen LogP contribution in [-0.4, -0.2) is 37.6 Å². The highest BCUT2D eigenvalue weighted by atomic mass is 15.1. The molecule has 0 amide bonds. The van der Waals surface area contributed by atoms with Crippen LogP contribution in [0.5, 0.6) is 0 Å². The minimum absolute atomic E-state index is 0. The molecule has 1 N–H and O–H groups in total. The summed E-state index contributed by atoms with van der Waals surface area (Å²) in [5, 5.41) is 3.57. The Morgan fingerprint density at radius 1 is 1.44 bits per heavy atom. The molecule has 0 saturated carbocycles. The van der Waals surface area contributed by atoms with Gasteiger partial charge in [0, 0.05) is 15.4 Å². The van der Waals surface area contributed by atoms with E-state index in [4.69, 9.17) is 0 Å². The summed E-state index contributed by atoms with van der Waals surface area (Å²) in [6, 6.07) is 0.751. The quantitative estimate of drug-likeness (QED) is 0.704. The molecular weight excluding hydrogens is 196 g/mol. The molecule has 1 aliphatic rings. The summed E-state index contributed by atoms with van der Waals surface area (Å²) in [5.41, 5.74) is 0. The minimum Gasteiger partial charge on any atom is -0.314 e. The van der Waals surface area contributed by atoms with Gasteiger partial charge in [-0.05, 0) is 45.3 Å². The maximum Gasteiger partial charge on any atom is 0.0105 e. The number of hydrogen-bond acceptors (Lipinski definition) is 2. The Labute approximate surface area is 105 Å². The molecule has 2 nitrogen and oxygen atoms in total. The van der Waals surface area contributed by atoms with Crippen molar-refractivity contribution in [2.75, 3.05) is 26.7 Å². The van der Waals surface area contributed by atoms with E-state index in [1.807, 2.05) is 19.9 Å². The summed E-state index contributed by atoms with van der Waals surface area (Å²) in [4.78, 5) is 2.40. The monoisotopic (exact) mass is 230 g/mol. The lowest BCUT2D eigenvalue weighted by atomic mass is 10.0. The zero-order valence-corrected chi connectivity index (χ0v) is 11.6. The van der Waals surface area contributed by atoms with Crippen molar-refractivity contribution < 1.29 is 2.85 Å². The first-order chi connectivity index (χ1) is 7.74. The average Bonchev–Trinajstić information content (AvgIpc) is 2.72. The Morgan fingerprint density at radius 2 is 2.12 bits per heavy atom. The predicted octanol–water partition coefficient (Wildman–Crippen LogP) is 3.40. The van der Waals surface area contributed by atoms with Crippen LogP contribution in [-0.2, 0) is 0 Å². The zero-order valence-electron chi connectivity index (χ0n) is 11.6. The van der Waals surface area contributed by atoms with Crippen molar-refractivity contribution >= 4 is 0 Å². The fourth-order valence-corrected chi connectivity index (χ4v) is 2.07. The predicted molar refractivity (Wildman–Crippen MR) is 78.1 cm³/mol. The van der Waals surface area contributed by atoms with Gasteiger partial charge in [-0.3, -0.25) is 0 Å². The first-order valence-corrected chi connectivity index (χ1v) is 6.77. The molecule has 0 bridgehead atoms. The van der Waals surface area contributed by atoms with E-state index >= 15 is 0 Å². The van der Waals surface area contributed by atoms with Gasteiger partial charge in [0.15, 0.2) is 0 Å². The molecule has 16 heavy (non-hydrogen) atoms. The standard InChI is InChI=1S/C12H24N2.C2H6.2H2/c1-4-5-9-14(3)10-7-12-11(2)6-8-13-12;1-2;;/h4,11-13H,1,5-10H2,2-3H3;1-2H3;2*1H. The van der Waals surface area contributed by atoms with Crippen molar-refractivity contribution in [3.05, 3.63) is 12.7 Å². The Bertz CT molecular complexity index is 177. The van der Waals surface area contributed by atoms with Crippen LogP contribution in [0.3, 0.4) is 0 Å². The lowest BCUT2D eigenvalue weighted by molar-refractivity contribution is 0.304. The second-order valence-electron chi connectivity index (χ2n) is 4.50. The van der Waals surface area contributed by atoms with E-state index in [1.54, 1.807) is 0 Å². The van der Waals surface area contributed by atoms with E-state index in [0.29, 0.717) is 0 Å². The summed E-state index contributed by atoms with van der Waals surface area (Å²) >= 11 is 0. The van der Waals surface area contributed by atoms with Crippen LogP contribution in [0.2, 0.25) is 0 Å². The van der Waals surface area contributed by atoms with E-state index in [9.17, 15) is 0 Å². The number of hydrogen-bond donors (Lipinski definition) is 1. The molecule has 0 spiro atoms. The van der Waals surface area contributed by atoms with Gasteiger partial charge in [0.2, 0.25) is 0 Å². The van der Waals surface area contributed by atoms with E-state index < -0.39 is 0 Å². The Kier molecular flexibility index (Phi) is 9.65. The molecule has 0 aromatic rings. The minimum atomic E-state index is 0. The highest BCUT2D eigenvalue weighted by Gasteiger charge is 2.22. The van der Waals surface area contributed by atoms with Gasteiger partial charge in [0.25, 0.3) is 0 Å². The van der Waals surface area contributed by atoms with Gasteiger partial charge in [0.05, 0.1) is 0 Å². The Hall–Kier alpha value is -0.340. The lowest BCUT2D eigenvalue weighted by Crippen LogP contribution is -2.31. The third-order valence-corrected chi connectivity index (χ3v) is 3.23. The SMILES string of the molecule is C=CCCN(C)CCC1NCCC1C.CC.[HH].[HH]. The maximum absolute atomic E-state index is 3.74. The third-order valence-electron chi connectivity index (χ3n) is 3.23. The molecule has 1 rings (SSSR count). The molecular formula is C14H34N2. The first kappa shape index (κ1) is 15.7. The molecule has 1 fully saturated rings. The van der Waals surface area contributed by atoms with Crippen LogP contribution in [0.25, 0.3) is 0 Å². The summed E-state index contributed by atoms with van der Waals surface area (Å²) < 4.78 is 0. The van der Waals surface area contributed by atoms with E-state index in [1.165, 1.54) is 25.9 Å². The lowest BCUT2D eigenvalue weighted by Gasteiger charge is -2.20. The molecule has 0 aromatic carbocycles.